The summed E-state index contributed by atoms with van der Waals surface area (Å²) < 4.78 is 1.62. The molecule has 2 bridgehead atoms. The van der Waals surface area contributed by atoms with Gasteiger partial charge in [0.2, 0.25) is 0 Å². The van der Waals surface area contributed by atoms with E-state index in [-0.39, 0.29) is 22.1 Å². The summed E-state index contributed by atoms with van der Waals surface area (Å²) in [6, 6.07) is 6.73. The Labute approximate surface area is 123 Å². The number of aromatic nitrogens is 2. The van der Waals surface area contributed by atoms with Gasteiger partial charge in [0.25, 0.3) is 5.56 Å². The minimum absolute atomic E-state index is 0.0499. The highest BCUT2D eigenvalue weighted by molar-refractivity contribution is 5.46. The van der Waals surface area contributed by atoms with E-state index in [0.717, 1.165) is 29.8 Å². The Hall–Kier alpha value is -1.97. The van der Waals surface area contributed by atoms with Crippen molar-refractivity contribution in [1.82, 2.24) is 9.78 Å². The number of hydrogen-bond acceptors (Lipinski definition) is 2. The first-order chi connectivity index (χ1) is 9.86. The van der Waals surface area contributed by atoms with Crippen LogP contribution in [0.25, 0.3) is 5.69 Å². The highest BCUT2D eigenvalue weighted by Gasteiger charge is 2.61. The molecule has 2 N–H and O–H groups in total. The van der Waals surface area contributed by atoms with E-state index in [1.165, 1.54) is 0 Å². The Morgan fingerprint density at radius 3 is 2.52 bits per heavy atom. The third kappa shape index (κ3) is 1.33. The molecule has 2 aliphatic carbocycles. The summed E-state index contributed by atoms with van der Waals surface area (Å²) in [6.07, 6.45) is 2.23. The standard InChI is InChI=1S/C17H20N2O2/c1-16(2)12-8-9-17(16,3)14-13(12)15(21)19(18-14)10-4-6-11(20)7-5-10/h4-7,12,18,20H,8-9H2,1-3H3/t12-,17+/m1/s1. The molecule has 0 amide bonds. The lowest BCUT2D eigenvalue weighted by Gasteiger charge is -2.34. The van der Waals surface area contributed by atoms with Gasteiger partial charge in [-0.1, -0.05) is 20.8 Å². The fourth-order valence-corrected chi connectivity index (χ4v) is 4.43. The number of nitrogens with zero attached hydrogens (tertiary/aromatic N) is 1. The van der Waals surface area contributed by atoms with Gasteiger partial charge in [-0.05, 0) is 48.4 Å². The van der Waals surface area contributed by atoms with Crippen LogP contribution >= 0.6 is 0 Å². The zero-order valence-electron chi connectivity index (χ0n) is 12.6. The van der Waals surface area contributed by atoms with Gasteiger partial charge in [0.05, 0.1) is 5.69 Å². The average molecular weight is 284 g/mol. The number of benzene rings is 1. The minimum Gasteiger partial charge on any atom is -0.508 e. The van der Waals surface area contributed by atoms with Gasteiger partial charge in [-0.3, -0.25) is 9.89 Å². The van der Waals surface area contributed by atoms with Crippen molar-refractivity contribution in [3.63, 3.8) is 0 Å². The molecule has 0 saturated heterocycles. The van der Waals surface area contributed by atoms with Crippen molar-refractivity contribution in [2.45, 2.75) is 44.9 Å². The summed E-state index contributed by atoms with van der Waals surface area (Å²) in [5.41, 5.74) is 3.12. The number of rotatable bonds is 1. The predicted octanol–water partition coefficient (Wildman–Crippen LogP) is 3.05. The quantitative estimate of drug-likeness (QED) is 0.845. The van der Waals surface area contributed by atoms with E-state index in [1.54, 1.807) is 28.9 Å². The molecular weight excluding hydrogens is 264 g/mol. The van der Waals surface area contributed by atoms with Gasteiger partial charge in [-0.2, -0.15) is 0 Å². The molecule has 1 saturated carbocycles. The first kappa shape index (κ1) is 12.7. The second-order valence-corrected chi connectivity index (χ2v) is 7.20. The molecule has 1 heterocycles. The molecule has 4 rings (SSSR count). The molecular formula is C17H20N2O2. The van der Waals surface area contributed by atoms with E-state index in [0.29, 0.717) is 5.92 Å². The topological polar surface area (TPSA) is 58.0 Å². The summed E-state index contributed by atoms with van der Waals surface area (Å²) in [4.78, 5) is 12.8. The van der Waals surface area contributed by atoms with Gasteiger partial charge >= 0.3 is 0 Å². The maximum absolute atomic E-state index is 12.8. The molecule has 1 fully saturated rings. The molecule has 4 nitrogen and oxygen atoms in total. The zero-order chi connectivity index (χ0) is 15.0. The molecule has 110 valence electrons. The zero-order valence-corrected chi connectivity index (χ0v) is 12.6. The molecule has 2 atom stereocenters. The van der Waals surface area contributed by atoms with Crippen LogP contribution in [-0.4, -0.2) is 14.9 Å². The van der Waals surface area contributed by atoms with Crippen LogP contribution in [0.4, 0.5) is 0 Å². The van der Waals surface area contributed by atoms with E-state index in [1.807, 2.05) is 0 Å². The van der Waals surface area contributed by atoms with Gasteiger partial charge in [0.15, 0.2) is 0 Å². The lowest BCUT2D eigenvalue weighted by molar-refractivity contribution is 0.224. The Balaban J connectivity index is 1.93. The van der Waals surface area contributed by atoms with Crippen LogP contribution in [0.5, 0.6) is 5.75 Å². The summed E-state index contributed by atoms with van der Waals surface area (Å²) in [5.74, 6) is 0.554. The second kappa shape index (κ2) is 3.62. The summed E-state index contributed by atoms with van der Waals surface area (Å²) in [5, 5.41) is 12.7. The number of phenolic OH excluding ortho intramolecular Hbond substituents is 1. The SMILES string of the molecule is CC1(C)[C@@H]2CC[C@@]1(C)c1[nH]n(-c3ccc(O)cc3)c(=O)c12. The van der Waals surface area contributed by atoms with Crippen LogP contribution in [-0.2, 0) is 5.41 Å². The second-order valence-electron chi connectivity index (χ2n) is 7.20. The van der Waals surface area contributed by atoms with Crippen LogP contribution in [0.3, 0.4) is 0 Å². The van der Waals surface area contributed by atoms with E-state index in [9.17, 15) is 9.90 Å². The van der Waals surface area contributed by atoms with Crippen LogP contribution in [0.1, 0.15) is 50.8 Å². The molecule has 4 heteroatoms. The largest absolute Gasteiger partial charge is 0.508 e. The van der Waals surface area contributed by atoms with Crippen molar-refractivity contribution < 1.29 is 5.11 Å². The maximum Gasteiger partial charge on any atom is 0.274 e. The summed E-state index contributed by atoms with van der Waals surface area (Å²) in [7, 11) is 0. The van der Waals surface area contributed by atoms with E-state index >= 15 is 0 Å². The lowest BCUT2D eigenvalue weighted by Crippen LogP contribution is -2.33. The Morgan fingerprint density at radius 2 is 1.90 bits per heavy atom. The lowest BCUT2D eigenvalue weighted by atomic mass is 9.70. The number of nitrogens with one attached hydrogen (secondary N) is 1. The van der Waals surface area contributed by atoms with Crippen molar-refractivity contribution in [3.8, 4) is 11.4 Å². The minimum atomic E-state index is 0.0499. The van der Waals surface area contributed by atoms with Gasteiger partial charge in [-0.15, -0.1) is 0 Å². The van der Waals surface area contributed by atoms with Crippen molar-refractivity contribution in [2.24, 2.45) is 5.41 Å². The average Bonchev–Trinajstić information content (AvgIpc) is 2.95. The third-order valence-electron chi connectivity index (χ3n) is 6.16. The van der Waals surface area contributed by atoms with Crippen LogP contribution < -0.4 is 5.56 Å². The molecule has 2 aliphatic rings. The molecule has 1 aromatic heterocycles. The van der Waals surface area contributed by atoms with Gasteiger partial charge in [-0.25, -0.2) is 4.68 Å². The number of phenols is 1. The number of hydrogen-bond donors (Lipinski definition) is 2. The van der Waals surface area contributed by atoms with E-state index < -0.39 is 0 Å². The van der Waals surface area contributed by atoms with Crippen molar-refractivity contribution in [1.29, 1.82) is 0 Å². The number of fused-ring (bicyclic) bond motifs is 5. The van der Waals surface area contributed by atoms with Crippen molar-refractivity contribution >= 4 is 0 Å². The predicted molar refractivity (Wildman–Crippen MR) is 81.2 cm³/mol. The van der Waals surface area contributed by atoms with Gasteiger partial charge < -0.3 is 5.11 Å². The Bertz CT molecular complexity index is 782. The summed E-state index contributed by atoms with van der Waals surface area (Å²) >= 11 is 0. The Kier molecular flexibility index (Phi) is 2.19. The highest BCUT2D eigenvalue weighted by atomic mass is 16.3. The van der Waals surface area contributed by atoms with Gasteiger partial charge in [0.1, 0.15) is 5.75 Å². The fourth-order valence-electron chi connectivity index (χ4n) is 4.43. The van der Waals surface area contributed by atoms with Crippen LogP contribution in [0.2, 0.25) is 0 Å². The Morgan fingerprint density at radius 1 is 1.24 bits per heavy atom. The fraction of sp³-hybridized carbons (Fsp3) is 0.471. The smallest absolute Gasteiger partial charge is 0.274 e. The van der Waals surface area contributed by atoms with Crippen LogP contribution in [0, 0.1) is 5.41 Å². The molecule has 1 aromatic carbocycles. The van der Waals surface area contributed by atoms with Crippen LogP contribution in [0.15, 0.2) is 29.1 Å². The first-order valence-corrected chi connectivity index (χ1v) is 7.51. The van der Waals surface area contributed by atoms with E-state index in [2.05, 4.69) is 25.9 Å². The molecule has 0 unspecified atom stereocenters. The number of H-pyrrole nitrogens is 1. The molecule has 0 aliphatic heterocycles. The third-order valence-corrected chi connectivity index (χ3v) is 6.16. The normalized spacial score (nSPS) is 28.8. The number of aromatic hydroxyl groups is 1. The van der Waals surface area contributed by atoms with Gasteiger partial charge in [0, 0.05) is 16.7 Å². The van der Waals surface area contributed by atoms with Crippen molar-refractivity contribution in [3.05, 3.63) is 45.9 Å². The molecule has 2 aromatic rings. The maximum atomic E-state index is 12.8. The highest BCUT2D eigenvalue weighted by Crippen LogP contribution is 2.66. The summed E-state index contributed by atoms with van der Waals surface area (Å²) in [6.45, 7) is 6.83. The number of aromatic amines is 1. The first-order valence-electron chi connectivity index (χ1n) is 7.51. The van der Waals surface area contributed by atoms with Crippen molar-refractivity contribution in [2.75, 3.05) is 0 Å². The molecule has 0 spiro atoms. The monoisotopic (exact) mass is 284 g/mol. The molecule has 0 radical (unpaired) electrons. The molecule has 21 heavy (non-hydrogen) atoms. The van der Waals surface area contributed by atoms with E-state index in [4.69, 9.17) is 0 Å².